The molecule has 1 aliphatic rings. The van der Waals surface area contributed by atoms with Crippen LogP contribution >= 0.6 is 0 Å². The average molecular weight is 237 g/mol. The van der Waals surface area contributed by atoms with Gasteiger partial charge in [0.15, 0.2) is 0 Å². The van der Waals surface area contributed by atoms with Crippen molar-refractivity contribution in [3.05, 3.63) is 11.9 Å². The number of amides is 1. The molecule has 5 nitrogen and oxygen atoms in total. The number of carbonyl (C=O) groups excluding carboxylic acids is 1. The van der Waals surface area contributed by atoms with E-state index in [-0.39, 0.29) is 0 Å². The Morgan fingerprint density at radius 2 is 2.18 bits per heavy atom. The molecule has 0 saturated heterocycles. The first-order valence-electron chi connectivity index (χ1n) is 5.89. The lowest BCUT2D eigenvalue weighted by atomic mass is 10.2. The molecule has 1 aliphatic carbocycles. The Morgan fingerprint density at radius 3 is 2.71 bits per heavy atom. The fourth-order valence-electron chi connectivity index (χ4n) is 1.67. The van der Waals surface area contributed by atoms with Crippen molar-refractivity contribution >= 4 is 11.8 Å². The Labute approximate surface area is 101 Å². The molecule has 0 spiro atoms. The Balaban J connectivity index is 2.05. The maximum absolute atomic E-state index is 11.7. The molecule has 0 bridgehead atoms. The van der Waals surface area contributed by atoms with Gasteiger partial charge in [-0.2, -0.15) is 5.10 Å². The van der Waals surface area contributed by atoms with Gasteiger partial charge in [0.1, 0.15) is 5.60 Å². The van der Waals surface area contributed by atoms with Crippen LogP contribution in [-0.2, 0) is 11.8 Å². The fourth-order valence-corrected chi connectivity index (χ4v) is 1.67. The summed E-state index contributed by atoms with van der Waals surface area (Å²) in [5, 5.41) is 7.13. The van der Waals surface area contributed by atoms with Crippen molar-refractivity contribution in [2.45, 2.75) is 45.1 Å². The highest BCUT2D eigenvalue weighted by molar-refractivity contribution is 5.85. The molecule has 0 atom stereocenters. The number of nitrogens with one attached hydrogen (secondary N) is 1. The topological polar surface area (TPSA) is 56.2 Å². The molecule has 0 aromatic carbocycles. The van der Waals surface area contributed by atoms with Crippen molar-refractivity contribution in [3.8, 4) is 0 Å². The van der Waals surface area contributed by atoms with Crippen LogP contribution in [0.15, 0.2) is 6.20 Å². The van der Waals surface area contributed by atoms with Gasteiger partial charge in [-0.05, 0) is 33.6 Å². The second-order valence-corrected chi connectivity index (χ2v) is 5.50. The Kier molecular flexibility index (Phi) is 2.85. The molecule has 0 radical (unpaired) electrons. The van der Waals surface area contributed by atoms with Gasteiger partial charge in [0.25, 0.3) is 0 Å². The van der Waals surface area contributed by atoms with Gasteiger partial charge in [-0.25, -0.2) is 4.79 Å². The molecule has 1 aromatic heterocycles. The first-order chi connectivity index (χ1) is 7.85. The summed E-state index contributed by atoms with van der Waals surface area (Å²) in [5.74, 6) is 0.501. The second-order valence-electron chi connectivity index (χ2n) is 5.50. The van der Waals surface area contributed by atoms with Crippen LogP contribution in [-0.4, -0.2) is 21.5 Å². The monoisotopic (exact) mass is 237 g/mol. The summed E-state index contributed by atoms with van der Waals surface area (Å²) in [6.45, 7) is 5.53. The SMILES string of the molecule is Cn1cc(NC(=O)OC(C)(C)C)c(C2CC2)n1. The van der Waals surface area contributed by atoms with Crippen molar-refractivity contribution < 1.29 is 9.53 Å². The molecule has 1 amide bonds. The Bertz CT molecular complexity index is 427. The normalized spacial score (nSPS) is 15.8. The van der Waals surface area contributed by atoms with Gasteiger partial charge in [0.2, 0.25) is 0 Å². The van der Waals surface area contributed by atoms with Crippen LogP contribution in [0.2, 0.25) is 0 Å². The molecule has 1 aromatic rings. The van der Waals surface area contributed by atoms with Gasteiger partial charge in [-0.3, -0.25) is 10.00 Å². The smallest absolute Gasteiger partial charge is 0.412 e. The largest absolute Gasteiger partial charge is 0.444 e. The van der Waals surface area contributed by atoms with E-state index in [0.29, 0.717) is 5.92 Å². The predicted octanol–water partition coefficient (Wildman–Crippen LogP) is 2.64. The Morgan fingerprint density at radius 1 is 1.53 bits per heavy atom. The number of anilines is 1. The number of ether oxygens (including phenoxy) is 1. The summed E-state index contributed by atoms with van der Waals surface area (Å²) in [6.07, 6.45) is 3.70. The van der Waals surface area contributed by atoms with E-state index in [1.165, 1.54) is 0 Å². The van der Waals surface area contributed by atoms with Crippen LogP contribution in [0.5, 0.6) is 0 Å². The van der Waals surface area contributed by atoms with Crippen LogP contribution in [0.25, 0.3) is 0 Å². The van der Waals surface area contributed by atoms with Gasteiger partial charge < -0.3 is 4.74 Å². The molecule has 1 heterocycles. The number of aromatic nitrogens is 2. The minimum Gasteiger partial charge on any atom is -0.444 e. The van der Waals surface area contributed by atoms with E-state index in [9.17, 15) is 4.79 Å². The van der Waals surface area contributed by atoms with Crippen LogP contribution in [0.3, 0.4) is 0 Å². The standard InChI is InChI=1S/C12H19N3O2/c1-12(2,3)17-11(16)13-9-7-15(4)14-10(9)8-5-6-8/h7-8H,5-6H2,1-4H3,(H,13,16). The molecule has 2 rings (SSSR count). The van der Waals surface area contributed by atoms with Gasteiger partial charge in [-0.1, -0.05) is 0 Å². The molecule has 0 unspecified atom stereocenters. The van der Waals surface area contributed by atoms with E-state index in [0.717, 1.165) is 24.2 Å². The zero-order chi connectivity index (χ0) is 12.6. The molecule has 17 heavy (non-hydrogen) atoms. The fraction of sp³-hybridized carbons (Fsp3) is 0.667. The maximum atomic E-state index is 11.7. The average Bonchev–Trinajstić information content (AvgIpc) is 2.89. The number of hydrogen-bond donors (Lipinski definition) is 1. The van der Waals surface area contributed by atoms with Gasteiger partial charge in [-0.15, -0.1) is 0 Å². The molecule has 1 N–H and O–H groups in total. The molecule has 0 aliphatic heterocycles. The zero-order valence-electron chi connectivity index (χ0n) is 10.8. The van der Waals surface area contributed by atoms with Crippen LogP contribution in [0.4, 0.5) is 10.5 Å². The lowest BCUT2D eigenvalue weighted by Crippen LogP contribution is -2.27. The van der Waals surface area contributed by atoms with Gasteiger partial charge in [0, 0.05) is 19.2 Å². The second kappa shape index (κ2) is 4.05. The lowest BCUT2D eigenvalue weighted by Gasteiger charge is -2.19. The summed E-state index contributed by atoms with van der Waals surface area (Å²) in [4.78, 5) is 11.7. The highest BCUT2D eigenvalue weighted by Crippen LogP contribution is 2.42. The summed E-state index contributed by atoms with van der Waals surface area (Å²) < 4.78 is 6.94. The zero-order valence-corrected chi connectivity index (χ0v) is 10.8. The summed E-state index contributed by atoms with van der Waals surface area (Å²) >= 11 is 0. The van der Waals surface area contributed by atoms with Crippen LogP contribution in [0.1, 0.15) is 45.2 Å². The van der Waals surface area contributed by atoms with Crippen molar-refractivity contribution in [2.24, 2.45) is 7.05 Å². The van der Waals surface area contributed by atoms with E-state index in [1.807, 2.05) is 34.0 Å². The third-order valence-electron chi connectivity index (χ3n) is 2.46. The predicted molar refractivity (Wildman–Crippen MR) is 65.0 cm³/mol. The van der Waals surface area contributed by atoms with Crippen molar-refractivity contribution in [2.75, 3.05) is 5.32 Å². The van der Waals surface area contributed by atoms with Gasteiger partial charge >= 0.3 is 6.09 Å². The van der Waals surface area contributed by atoms with Gasteiger partial charge in [0.05, 0.1) is 11.4 Å². The lowest BCUT2D eigenvalue weighted by molar-refractivity contribution is 0.0636. The molecule has 5 heteroatoms. The maximum Gasteiger partial charge on any atom is 0.412 e. The van der Waals surface area contributed by atoms with Crippen molar-refractivity contribution in [3.63, 3.8) is 0 Å². The third-order valence-corrected chi connectivity index (χ3v) is 2.46. The molecule has 1 fully saturated rings. The van der Waals surface area contributed by atoms with E-state index >= 15 is 0 Å². The van der Waals surface area contributed by atoms with E-state index in [2.05, 4.69) is 10.4 Å². The number of rotatable bonds is 2. The van der Waals surface area contributed by atoms with E-state index in [1.54, 1.807) is 4.68 Å². The Hall–Kier alpha value is -1.52. The highest BCUT2D eigenvalue weighted by atomic mass is 16.6. The number of aryl methyl sites for hydroxylation is 1. The van der Waals surface area contributed by atoms with E-state index in [4.69, 9.17) is 4.74 Å². The summed E-state index contributed by atoms with van der Waals surface area (Å²) in [7, 11) is 1.85. The molecular weight excluding hydrogens is 218 g/mol. The minimum atomic E-state index is -0.480. The quantitative estimate of drug-likeness (QED) is 0.860. The van der Waals surface area contributed by atoms with E-state index < -0.39 is 11.7 Å². The number of carbonyl (C=O) groups is 1. The van der Waals surface area contributed by atoms with Crippen LogP contribution in [0, 0.1) is 0 Å². The number of nitrogens with zero attached hydrogens (tertiary/aromatic N) is 2. The van der Waals surface area contributed by atoms with Crippen LogP contribution < -0.4 is 5.32 Å². The molecule has 94 valence electrons. The minimum absolute atomic E-state index is 0.424. The molecular formula is C12H19N3O2. The van der Waals surface area contributed by atoms with Crippen molar-refractivity contribution in [1.82, 2.24) is 9.78 Å². The number of hydrogen-bond acceptors (Lipinski definition) is 3. The summed E-state index contributed by atoms with van der Waals surface area (Å²) in [5.41, 5.74) is 1.26. The first-order valence-corrected chi connectivity index (χ1v) is 5.89. The first kappa shape index (κ1) is 12.0. The summed E-state index contributed by atoms with van der Waals surface area (Å²) in [6, 6.07) is 0. The highest BCUT2D eigenvalue weighted by Gasteiger charge is 2.30. The van der Waals surface area contributed by atoms with Crippen molar-refractivity contribution in [1.29, 1.82) is 0 Å². The third kappa shape index (κ3) is 3.22. The molecule has 1 saturated carbocycles.